The Morgan fingerprint density at radius 3 is 3.18 bits per heavy atom. The molecule has 0 amide bonds. The molecule has 0 unspecified atom stereocenters. The van der Waals surface area contributed by atoms with E-state index in [-0.39, 0.29) is 0 Å². The number of rotatable bonds is 1. The van der Waals surface area contributed by atoms with Crippen molar-refractivity contribution in [1.29, 1.82) is 0 Å². The molecule has 3 heteroatoms. The summed E-state index contributed by atoms with van der Waals surface area (Å²) in [6.45, 7) is 0.434. The first kappa shape index (κ1) is 8.66. The monoisotopic (exact) mass is 183 g/mol. The van der Waals surface area contributed by atoms with Gasteiger partial charge in [-0.25, -0.2) is 0 Å². The number of nitrogens with two attached hydrogens (primary N) is 1. The Labute approximate surface area is 75.0 Å². The lowest BCUT2D eigenvalue weighted by Gasteiger charge is -1.88. The Bertz CT molecular complexity index is 280. The molecule has 2 N–H and O–H groups in total. The molecule has 58 valence electrons. The predicted molar refractivity (Wildman–Crippen MR) is 52.0 cm³/mol. The Kier molecular flexibility index (Phi) is 3.50. The maximum Gasteiger partial charge on any atom is 0.0752 e. The third kappa shape index (κ3) is 2.26. The van der Waals surface area contributed by atoms with E-state index in [1.54, 1.807) is 23.1 Å². The van der Waals surface area contributed by atoms with Crippen LogP contribution in [0.1, 0.15) is 5.56 Å². The van der Waals surface area contributed by atoms with Gasteiger partial charge >= 0.3 is 0 Å². The van der Waals surface area contributed by atoms with Crippen molar-refractivity contribution in [2.24, 2.45) is 5.73 Å². The van der Waals surface area contributed by atoms with E-state index in [4.69, 9.17) is 5.73 Å². The normalized spacial score (nSPS) is 8.91. The molecule has 0 aliphatic rings. The second-order valence-corrected chi connectivity index (χ2v) is 3.82. The van der Waals surface area contributed by atoms with Gasteiger partial charge in [0.2, 0.25) is 0 Å². The summed E-state index contributed by atoms with van der Waals surface area (Å²) in [7, 11) is 0. The first-order chi connectivity index (χ1) is 5.38. The zero-order valence-electron chi connectivity index (χ0n) is 6.26. The highest BCUT2D eigenvalue weighted by atomic mass is 32.2. The summed E-state index contributed by atoms with van der Waals surface area (Å²) >= 11 is 3.45. The topological polar surface area (TPSA) is 26.0 Å². The van der Waals surface area contributed by atoms with Crippen LogP contribution in [0.25, 0.3) is 0 Å². The summed E-state index contributed by atoms with van der Waals surface area (Å²) in [5.41, 5.74) is 6.36. The van der Waals surface area contributed by atoms with Gasteiger partial charge in [-0.1, -0.05) is 11.8 Å². The maximum absolute atomic E-state index is 5.26. The fourth-order valence-electron chi connectivity index (χ4n) is 0.692. The van der Waals surface area contributed by atoms with Crippen molar-refractivity contribution in [2.45, 2.75) is 4.21 Å². The Morgan fingerprint density at radius 2 is 2.55 bits per heavy atom. The van der Waals surface area contributed by atoms with E-state index in [0.717, 1.165) is 5.56 Å². The van der Waals surface area contributed by atoms with Gasteiger partial charge in [0.05, 0.1) is 10.8 Å². The molecule has 0 aromatic carbocycles. The fraction of sp³-hybridized carbons (Fsp3) is 0.250. The van der Waals surface area contributed by atoms with E-state index in [0.29, 0.717) is 6.54 Å². The molecule has 0 saturated carbocycles. The Balaban J connectivity index is 2.84. The maximum atomic E-state index is 5.26. The Hall–Kier alpha value is -0.430. The van der Waals surface area contributed by atoms with E-state index in [1.165, 1.54) is 4.21 Å². The van der Waals surface area contributed by atoms with Gasteiger partial charge in [0.15, 0.2) is 0 Å². The molecule has 0 aliphatic carbocycles. The first-order valence-corrected chi connectivity index (χ1v) is 5.29. The summed E-state index contributed by atoms with van der Waals surface area (Å²) in [6, 6.07) is 2.03. The molecule has 1 rings (SSSR count). The van der Waals surface area contributed by atoms with Gasteiger partial charge in [-0.2, -0.15) is 0 Å². The Morgan fingerprint density at radius 1 is 1.73 bits per heavy atom. The largest absolute Gasteiger partial charge is 0.320 e. The van der Waals surface area contributed by atoms with Crippen molar-refractivity contribution in [3.63, 3.8) is 0 Å². The number of hydrogen-bond donors (Lipinski definition) is 1. The number of thioether (sulfide) groups is 1. The van der Waals surface area contributed by atoms with Crippen LogP contribution in [0.2, 0.25) is 0 Å². The lowest BCUT2D eigenvalue weighted by molar-refractivity contribution is 1.30. The van der Waals surface area contributed by atoms with E-state index < -0.39 is 0 Å². The van der Waals surface area contributed by atoms with E-state index in [9.17, 15) is 0 Å². The minimum absolute atomic E-state index is 0.434. The first-order valence-electron chi connectivity index (χ1n) is 3.19. The average Bonchev–Trinajstić information content (AvgIpc) is 2.47. The summed E-state index contributed by atoms with van der Waals surface area (Å²) in [4.78, 5) is 0. The zero-order chi connectivity index (χ0) is 8.10. The highest BCUT2D eigenvalue weighted by Crippen LogP contribution is 2.25. The van der Waals surface area contributed by atoms with Crippen molar-refractivity contribution >= 4 is 23.1 Å². The minimum atomic E-state index is 0.434. The van der Waals surface area contributed by atoms with Gasteiger partial charge in [-0.3, -0.25) is 0 Å². The van der Waals surface area contributed by atoms with Crippen molar-refractivity contribution in [3.8, 4) is 11.8 Å². The third-order valence-corrected chi connectivity index (χ3v) is 3.23. The molecule has 1 heterocycles. The van der Waals surface area contributed by atoms with Gasteiger partial charge in [0, 0.05) is 5.56 Å². The molecule has 0 fully saturated rings. The molecule has 0 bridgehead atoms. The SMILES string of the molecule is CSc1sccc1C#CCN. The highest BCUT2D eigenvalue weighted by Gasteiger charge is 1.97. The van der Waals surface area contributed by atoms with Crippen LogP contribution in [0.4, 0.5) is 0 Å². The minimum Gasteiger partial charge on any atom is -0.320 e. The molecular weight excluding hydrogens is 174 g/mol. The smallest absolute Gasteiger partial charge is 0.0752 e. The average molecular weight is 183 g/mol. The second kappa shape index (κ2) is 4.45. The lowest BCUT2D eigenvalue weighted by atomic mass is 10.3. The third-order valence-electron chi connectivity index (χ3n) is 1.14. The quantitative estimate of drug-likeness (QED) is 0.530. The second-order valence-electron chi connectivity index (χ2n) is 1.83. The molecule has 1 nitrogen and oxygen atoms in total. The van der Waals surface area contributed by atoms with Crippen LogP contribution in [0.15, 0.2) is 15.7 Å². The number of thiophene rings is 1. The predicted octanol–water partition coefficient (Wildman–Crippen LogP) is 1.78. The number of hydrogen-bond acceptors (Lipinski definition) is 3. The molecule has 0 saturated heterocycles. The van der Waals surface area contributed by atoms with E-state index in [2.05, 4.69) is 18.1 Å². The van der Waals surface area contributed by atoms with Crippen LogP contribution in [0.5, 0.6) is 0 Å². The van der Waals surface area contributed by atoms with Crippen LogP contribution in [-0.2, 0) is 0 Å². The molecule has 0 atom stereocenters. The lowest BCUT2D eigenvalue weighted by Crippen LogP contribution is -1.92. The molecular formula is C8H9NS2. The summed E-state index contributed by atoms with van der Waals surface area (Å²) in [5.74, 6) is 5.85. The van der Waals surface area contributed by atoms with Crippen LogP contribution in [0, 0.1) is 11.8 Å². The van der Waals surface area contributed by atoms with Crippen molar-refractivity contribution < 1.29 is 0 Å². The molecule has 0 radical (unpaired) electrons. The highest BCUT2D eigenvalue weighted by molar-refractivity contribution is 8.00. The van der Waals surface area contributed by atoms with Gasteiger partial charge in [0.1, 0.15) is 0 Å². The summed E-state index contributed by atoms with van der Waals surface area (Å²) in [6.07, 6.45) is 2.06. The summed E-state index contributed by atoms with van der Waals surface area (Å²) in [5, 5.41) is 2.05. The van der Waals surface area contributed by atoms with Crippen molar-refractivity contribution in [1.82, 2.24) is 0 Å². The van der Waals surface area contributed by atoms with Crippen LogP contribution >= 0.6 is 23.1 Å². The van der Waals surface area contributed by atoms with Crippen LogP contribution in [0.3, 0.4) is 0 Å². The van der Waals surface area contributed by atoms with Crippen molar-refractivity contribution in [2.75, 3.05) is 12.8 Å². The molecule has 1 aromatic rings. The van der Waals surface area contributed by atoms with Gasteiger partial charge in [-0.05, 0) is 17.7 Å². The molecule has 0 aliphatic heterocycles. The van der Waals surface area contributed by atoms with Gasteiger partial charge < -0.3 is 5.73 Å². The van der Waals surface area contributed by atoms with E-state index in [1.807, 2.05) is 11.4 Å². The molecule has 0 spiro atoms. The van der Waals surface area contributed by atoms with E-state index >= 15 is 0 Å². The summed E-state index contributed by atoms with van der Waals surface area (Å²) < 4.78 is 1.27. The fourth-order valence-corrected chi connectivity index (χ4v) is 2.16. The van der Waals surface area contributed by atoms with Crippen LogP contribution in [-0.4, -0.2) is 12.8 Å². The van der Waals surface area contributed by atoms with Crippen LogP contribution < -0.4 is 5.73 Å². The molecule has 11 heavy (non-hydrogen) atoms. The van der Waals surface area contributed by atoms with Gasteiger partial charge in [0.25, 0.3) is 0 Å². The van der Waals surface area contributed by atoms with Gasteiger partial charge in [-0.15, -0.1) is 23.1 Å². The molecule has 1 aromatic heterocycles. The standard InChI is InChI=1S/C8H9NS2/c1-10-8-7(3-2-5-9)4-6-11-8/h4,6H,5,9H2,1H3. The zero-order valence-corrected chi connectivity index (χ0v) is 7.89. The van der Waals surface area contributed by atoms with Crippen molar-refractivity contribution in [3.05, 3.63) is 17.0 Å².